The lowest BCUT2D eigenvalue weighted by molar-refractivity contribution is 0.0784. The Morgan fingerprint density at radius 2 is 1.97 bits per heavy atom. The van der Waals surface area contributed by atoms with E-state index in [1.165, 1.54) is 18.2 Å². The number of anilines is 1. The zero-order valence-corrected chi connectivity index (χ0v) is 19.0. The highest BCUT2D eigenvalue weighted by molar-refractivity contribution is 5.98. The first-order chi connectivity index (χ1) is 16.8. The third-order valence-electron chi connectivity index (χ3n) is 6.40. The Morgan fingerprint density at radius 3 is 2.71 bits per heavy atom. The van der Waals surface area contributed by atoms with Crippen LogP contribution in [0.4, 0.5) is 14.5 Å². The van der Waals surface area contributed by atoms with E-state index in [0.29, 0.717) is 24.2 Å². The predicted octanol–water partition coefficient (Wildman–Crippen LogP) is 3.74. The van der Waals surface area contributed by atoms with Crippen LogP contribution in [-0.4, -0.2) is 46.1 Å². The average Bonchev–Trinajstić information content (AvgIpc) is 3.25. The van der Waals surface area contributed by atoms with Gasteiger partial charge >= 0.3 is 0 Å². The molecule has 1 aliphatic rings. The molecule has 1 saturated heterocycles. The highest BCUT2D eigenvalue weighted by atomic mass is 19.1. The Hall–Kier alpha value is -3.69. The minimum atomic E-state index is -0.747. The number of hydrogen-bond donors (Lipinski definition) is 2. The number of carbonyl (C=O) groups is 1. The number of halogens is 2. The van der Waals surface area contributed by atoms with Gasteiger partial charge in [0.2, 0.25) is 0 Å². The number of aliphatic hydroxyl groups is 1. The number of Topliss-reactive ketones (excluding diaryl/α,β-unsaturated/α-hetero) is 1. The molecular weight excluding hydrogens is 454 g/mol. The Bertz CT molecular complexity index is 1370. The quantitative estimate of drug-likeness (QED) is 0.421. The maximum atomic E-state index is 14.2. The lowest BCUT2D eigenvalue weighted by Crippen LogP contribution is -2.55. The minimum absolute atomic E-state index is 0.00000999. The molecule has 0 amide bonds. The van der Waals surface area contributed by atoms with Gasteiger partial charge in [-0.2, -0.15) is 0 Å². The molecule has 3 N–H and O–H groups in total. The zero-order valence-electron chi connectivity index (χ0n) is 19.0. The number of carbonyl (C=O) groups excluding carboxylic acids is 1. The van der Waals surface area contributed by atoms with Gasteiger partial charge in [-0.1, -0.05) is 13.0 Å². The second-order valence-electron chi connectivity index (χ2n) is 8.93. The van der Waals surface area contributed by atoms with Crippen LogP contribution in [-0.2, 0) is 6.42 Å². The lowest BCUT2D eigenvalue weighted by Gasteiger charge is -2.40. The average molecular weight is 478 g/mol. The van der Waals surface area contributed by atoms with Gasteiger partial charge in [0.1, 0.15) is 28.6 Å². The first kappa shape index (κ1) is 23.1. The monoisotopic (exact) mass is 478 g/mol. The number of aliphatic hydroxyl groups excluding tert-OH is 1. The summed E-state index contributed by atoms with van der Waals surface area (Å²) < 4.78 is 33.9. The first-order valence-electron chi connectivity index (χ1n) is 11.3. The maximum absolute atomic E-state index is 14.2. The van der Waals surface area contributed by atoms with E-state index in [1.54, 1.807) is 18.5 Å². The molecule has 0 unspecified atom stereocenters. The van der Waals surface area contributed by atoms with Crippen molar-refractivity contribution in [1.29, 1.82) is 0 Å². The molecule has 1 aliphatic heterocycles. The molecule has 180 valence electrons. The molecule has 0 spiro atoms. The number of aromatic nitrogens is 2. The summed E-state index contributed by atoms with van der Waals surface area (Å²) in [6, 6.07) is 9.53. The number of nitrogens with two attached hydrogens (primary N) is 1. The fourth-order valence-corrected chi connectivity index (χ4v) is 4.58. The molecule has 0 aliphatic carbocycles. The smallest absolute Gasteiger partial charge is 0.185 e. The van der Waals surface area contributed by atoms with E-state index >= 15 is 0 Å². The van der Waals surface area contributed by atoms with Crippen LogP contribution in [0.3, 0.4) is 0 Å². The number of pyridine rings is 2. The minimum Gasteiger partial charge on any atom is -0.454 e. The van der Waals surface area contributed by atoms with Gasteiger partial charge in [-0.25, -0.2) is 13.8 Å². The number of piperidine rings is 1. The first-order valence-corrected chi connectivity index (χ1v) is 11.3. The number of hydrogen-bond acceptors (Lipinski definition) is 7. The molecule has 35 heavy (non-hydrogen) atoms. The van der Waals surface area contributed by atoms with Gasteiger partial charge in [-0.05, 0) is 30.3 Å². The predicted molar refractivity (Wildman–Crippen MR) is 127 cm³/mol. The van der Waals surface area contributed by atoms with Crippen LogP contribution in [0.25, 0.3) is 22.4 Å². The SMILES string of the molecule is C[C@H]1CN(c2ccncc2CC(=O)c2ccc3oc(-c4c(F)cccc4F)cc3n2)C[C@@H](N)[C@@H]1O. The van der Waals surface area contributed by atoms with E-state index in [1.807, 2.05) is 13.0 Å². The summed E-state index contributed by atoms with van der Waals surface area (Å²) in [6.07, 6.45) is 2.77. The zero-order chi connectivity index (χ0) is 24.7. The molecule has 7 nitrogen and oxygen atoms in total. The lowest BCUT2D eigenvalue weighted by atomic mass is 9.92. The number of fused-ring (bicyclic) bond motifs is 1. The van der Waals surface area contributed by atoms with Gasteiger partial charge in [-0.3, -0.25) is 9.78 Å². The van der Waals surface area contributed by atoms with E-state index < -0.39 is 23.8 Å². The van der Waals surface area contributed by atoms with Gasteiger partial charge in [0.05, 0.1) is 11.7 Å². The number of ketones is 1. The number of nitrogens with zero attached hydrogens (tertiary/aromatic N) is 3. The van der Waals surface area contributed by atoms with Crippen molar-refractivity contribution in [3.8, 4) is 11.3 Å². The van der Waals surface area contributed by atoms with Crippen molar-refractivity contribution in [2.45, 2.75) is 25.5 Å². The van der Waals surface area contributed by atoms with Crippen molar-refractivity contribution < 1.29 is 23.1 Å². The Kier molecular flexibility index (Phi) is 6.04. The van der Waals surface area contributed by atoms with E-state index in [0.717, 1.165) is 23.4 Å². The molecule has 0 bridgehead atoms. The molecule has 0 saturated carbocycles. The van der Waals surface area contributed by atoms with E-state index in [-0.39, 0.29) is 35.1 Å². The standard InChI is InChI=1S/C26H24F2N4O3/c1-14-12-32(13-18(29)26(14)34)21-7-8-30-11-15(21)9-22(33)19-5-6-23-20(31-19)10-24(35-23)25-16(27)3-2-4-17(25)28/h2-8,10-11,14,18,26,34H,9,12-13,29H2,1H3/t14-,18+,26+/m0/s1. The largest absolute Gasteiger partial charge is 0.454 e. The van der Waals surface area contributed by atoms with E-state index in [2.05, 4.69) is 14.9 Å². The number of benzene rings is 1. The second kappa shape index (κ2) is 9.16. The summed E-state index contributed by atoms with van der Waals surface area (Å²) in [5.41, 5.74) is 8.23. The summed E-state index contributed by atoms with van der Waals surface area (Å²) in [5, 5.41) is 10.2. The molecule has 4 heterocycles. The second-order valence-corrected chi connectivity index (χ2v) is 8.93. The maximum Gasteiger partial charge on any atom is 0.185 e. The molecule has 9 heteroatoms. The number of rotatable bonds is 5. The van der Waals surface area contributed by atoms with Crippen molar-refractivity contribution in [3.05, 3.63) is 77.8 Å². The molecule has 1 fully saturated rings. The van der Waals surface area contributed by atoms with Crippen LogP contribution in [0.5, 0.6) is 0 Å². The van der Waals surface area contributed by atoms with Gasteiger partial charge < -0.3 is 20.2 Å². The molecule has 4 aromatic rings. The van der Waals surface area contributed by atoms with Gasteiger partial charge in [0.15, 0.2) is 11.4 Å². The van der Waals surface area contributed by atoms with Crippen molar-refractivity contribution in [3.63, 3.8) is 0 Å². The Balaban J connectivity index is 1.41. The van der Waals surface area contributed by atoms with Gasteiger partial charge in [0.25, 0.3) is 0 Å². The van der Waals surface area contributed by atoms with Crippen molar-refractivity contribution in [1.82, 2.24) is 9.97 Å². The molecular formula is C26H24F2N4O3. The molecule has 0 radical (unpaired) electrons. The van der Waals surface area contributed by atoms with Crippen LogP contribution in [0.1, 0.15) is 23.0 Å². The topological polar surface area (TPSA) is 105 Å². The van der Waals surface area contributed by atoms with Crippen LogP contribution < -0.4 is 10.6 Å². The third-order valence-corrected chi connectivity index (χ3v) is 6.40. The highest BCUT2D eigenvalue weighted by Gasteiger charge is 2.32. The van der Waals surface area contributed by atoms with Crippen molar-refractivity contribution >= 4 is 22.6 Å². The molecule has 1 aromatic carbocycles. The van der Waals surface area contributed by atoms with Crippen LogP contribution >= 0.6 is 0 Å². The van der Waals surface area contributed by atoms with E-state index in [4.69, 9.17) is 10.2 Å². The van der Waals surface area contributed by atoms with Crippen molar-refractivity contribution in [2.75, 3.05) is 18.0 Å². The number of furan rings is 1. The third kappa shape index (κ3) is 4.40. The summed E-state index contributed by atoms with van der Waals surface area (Å²) in [7, 11) is 0. The van der Waals surface area contributed by atoms with Gasteiger partial charge in [-0.15, -0.1) is 0 Å². The summed E-state index contributed by atoms with van der Waals surface area (Å²) >= 11 is 0. The fourth-order valence-electron chi connectivity index (χ4n) is 4.58. The van der Waals surface area contributed by atoms with Crippen LogP contribution in [0.15, 0.2) is 59.3 Å². The fraction of sp³-hybridized carbons (Fsp3) is 0.269. The van der Waals surface area contributed by atoms with E-state index in [9.17, 15) is 18.7 Å². The molecule has 3 atom stereocenters. The molecule has 5 rings (SSSR count). The van der Waals surface area contributed by atoms with Crippen molar-refractivity contribution in [2.24, 2.45) is 11.7 Å². The molecule has 3 aromatic heterocycles. The normalized spacial score (nSPS) is 20.4. The summed E-state index contributed by atoms with van der Waals surface area (Å²) in [4.78, 5) is 23.8. The highest BCUT2D eigenvalue weighted by Crippen LogP contribution is 2.31. The van der Waals surface area contributed by atoms with Crippen LogP contribution in [0.2, 0.25) is 0 Å². The van der Waals surface area contributed by atoms with Crippen LogP contribution in [0, 0.1) is 17.6 Å². The summed E-state index contributed by atoms with van der Waals surface area (Å²) in [5.74, 6) is -1.75. The Labute approximate surface area is 200 Å². The summed E-state index contributed by atoms with van der Waals surface area (Å²) in [6.45, 7) is 3.01. The van der Waals surface area contributed by atoms with Gasteiger partial charge in [0, 0.05) is 61.2 Å². The Morgan fingerprint density at radius 1 is 1.20 bits per heavy atom.